The Morgan fingerprint density at radius 1 is 1.35 bits per heavy atom. The molecule has 0 amide bonds. The molecule has 0 N–H and O–H groups in total. The van der Waals surface area contributed by atoms with Crippen molar-refractivity contribution >= 4 is 21.4 Å². The molecule has 3 nitrogen and oxygen atoms in total. The van der Waals surface area contributed by atoms with Gasteiger partial charge in [0.15, 0.2) is 0 Å². The fourth-order valence-corrected chi connectivity index (χ4v) is 2.31. The molecular formula is C12H17ClO3S. The highest BCUT2D eigenvalue weighted by atomic mass is 35.5. The van der Waals surface area contributed by atoms with Gasteiger partial charge < -0.3 is 4.74 Å². The topological polar surface area (TPSA) is 43.4 Å². The average Bonchev–Trinajstić information content (AvgIpc) is 2.24. The molecule has 17 heavy (non-hydrogen) atoms. The first kappa shape index (κ1) is 14.3. The minimum absolute atomic E-state index is 0.148. The summed E-state index contributed by atoms with van der Waals surface area (Å²) < 4.78 is 27.4. The maximum absolute atomic E-state index is 10.9. The second-order valence-electron chi connectivity index (χ2n) is 4.08. The standard InChI is InChI=1S/C12H17ClO3S/c1-10-4-5-12(11(8-10)9-13)16-6-3-7-17(2,14)15/h4-5,8H,3,6-7,9H2,1-2H3. The van der Waals surface area contributed by atoms with Gasteiger partial charge >= 0.3 is 0 Å². The molecule has 0 aliphatic heterocycles. The maximum atomic E-state index is 10.9. The molecule has 1 aromatic rings. The smallest absolute Gasteiger partial charge is 0.147 e. The SMILES string of the molecule is Cc1ccc(OCCCS(C)(=O)=O)c(CCl)c1. The van der Waals surface area contributed by atoms with Gasteiger partial charge in [0.2, 0.25) is 0 Å². The van der Waals surface area contributed by atoms with Gasteiger partial charge in [-0.1, -0.05) is 17.7 Å². The fourth-order valence-electron chi connectivity index (χ4n) is 1.46. The van der Waals surface area contributed by atoms with Gasteiger partial charge in [-0.25, -0.2) is 8.42 Å². The Kier molecular flexibility index (Phi) is 5.28. The first-order chi connectivity index (χ1) is 7.92. The van der Waals surface area contributed by atoms with E-state index in [1.165, 1.54) is 6.26 Å². The molecule has 0 saturated carbocycles. The number of hydrogen-bond acceptors (Lipinski definition) is 3. The summed E-state index contributed by atoms with van der Waals surface area (Å²) in [6.45, 7) is 2.38. The highest BCUT2D eigenvalue weighted by Gasteiger charge is 2.05. The first-order valence-electron chi connectivity index (χ1n) is 5.38. The molecule has 0 fully saturated rings. The van der Waals surface area contributed by atoms with Crippen molar-refractivity contribution < 1.29 is 13.2 Å². The van der Waals surface area contributed by atoms with E-state index in [0.29, 0.717) is 18.9 Å². The molecule has 0 atom stereocenters. The van der Waals surface area contributed by atoms with Crippen LogP contribution in [-0.2, 0) is 15.7 Å². The number of benzene rings is 1. The predicted octanol–water partition coefficient (Wildman–Crippen LogP) is 2.55. The molecule has 0 aliphatic carbocycles. The predicted molar refractivity (Wildman–Crippen MR) is 70.6 cm³/mol. The number of halogens is 1. The second kappa shape index (κ2) is 6.26. The summed E-state index contributed by atoms with van der Waals surface area (Å²) in [4.78, 5) is 0. The van der Waals surface area contributed by atoms with Gasteiger partial charge in [0.25, 0.3) is 0 Å². The van der Waals surface area contributed by atoms with Crippen molar-refractivity contribution in [3.05, 3.63) is 29.3 Å². The van der Waals surface area contributed by atoms with E-state index in [4.69, 9.17) is 16.3 Å². The van der Waals surface area contributed by atoms with Crippen LogP contribution in [0.1, 0.15) is 17.5 Å². The van der Waals surface area contributed by atoms with Crippen LogP contribution in [0.5, 0.6) is 5.75 Å². The molecule has 1 rings (SSSR count). The van der Waals surface area contributed by atoms with Crippen molar-refractivity contribution in [3.8, 4) is 5.75 Å². The quantitative estimate of drug-likeness (QED) is 0.592. The first-order valence-corrected chi connectivity index (χ1v) is 7.98. The van der Waals surface area contributed by atoms with Gasteiger partial charge in [-0.2, -0.15) is 0 Å². The molecule has 96 valence electrons. The third-order valence-corrected chi connectivity index (χ3v) is 3.60. The van der Waals surface area contributed by atoms with E-state index in [0.717, 1.165) is 16.9 Å². The van der Waals surface area contributed by atoms with Gasteiger partial charge in [0.05, 0.1) is 18.2 Å². The lowest BCUT2D eigenvalue weighted by Crippen LogP contribution is -2.08. The van der Waals surface area contributed by atoms with E-state index >= 15 is 0 Å². The van der Waals surface area contributed by atoms with Crippen LogP contribution in [0.4, 0.5) is 0 Å². The van der Waals surface area contributed by atoms with E-state index in [-0.39, 0.29) is 5.75 Å². The molecule has 1 aromatic carbocycles. The monoisotopic (exact) mass is 276 g/mol. The zero-order valence-corrected chi connectivity index (χ0v) is 11.6. The van der Waals surface area contributed by atoms with Crippen LogP contribution in [0.15, 0.2) is 18.2 Å². The Hall–Kier alpha value is -0.740. The molecule has 0 heterocycles. The molecule has 0 unspecified atom stereocenters. The van der Waals surface area contributed by atoms with Crippen molar-refractivity contribution in [3.63, 3.8) is 0 Å². The summed E-state index contributed by atoms with van der Waals surface area (Å²) >= 11 is 5.81. The van der Waals surface area contributed by atoms with E-state index < -0.39 is 9.84 Å². The Morgan fingerprint density at radius 3 is 2.65 bits per heavy atom. The number of alkyl halides is 1. The molecule has 0 saturated heterocycles. The summed E-state index contributed by atoms with van der Waals surface area (Å²) in [7, 11) is -2.91. The van der Waals surface area contributed by atoms with Crippen molar-refractivity contribution in [2.45, 2.75) is 19.2 Å². The minimum Gasteiger partial charge on any atom is -0.493 e. The van der Waals surface area contributed by atoms with E-state index in [1.807, 2.05) is 25.1 Å². The van der Waals surface area contributed by atoms with Crippen LogP contribution in [0.2, 0.25) is 0 Å². The van der Waals surface area contributed by atoms with Crippen LogP contribution in [-0.4, -0.2) is 27.0 Å². The van der Waals surface area contributed by atoms with Crippen molar-refractivity contribution in [2.24, 2.45) is 0 Å². The highest BCUT2D eigenvalue weighted by Crippen LogP contribution is 2.21. The summed E-state index contributed by atoms with van der Waals surface area (Å²) in [5, 5.41) is 0. The number of rotatable bonds is 6. The lowest BCUT2D eigenvalue weighted by molar-refractivity contribution is 0.315. The molecule has 0 aliphatic rings. The Labute approximate surface area is 108 Å². The van der Waals surface area contributed by atoms with E-state index in [1.54, 1.807) is 0 Å². The second-order valence-corrected chi connectivity index (χ2v) is 6.60. The van der Waals surface area contributed by atoms with Crippen LogP contribution in [0, 0.1) is 6.92 Å². The molecule has 0 bridgehead atoms. The van der Waals surface area contributed by atoms with Crippen LogP contribution in [0.3, 0.4) is 0 Å². The number of aryl methyl sites for hydroxylation is 1. The van der Waals surface area contributed by atoms with Crippen molar-refractivity contribution in [1.29, 1.82) is 0 Å². The fraction of sp³-hybridized carbons (Fsp3) is 0.500. The third-order valence-electron chi connectivity index (χ3n) is 2.28. The summed E-state index contributed by atoms with van der Waals surface area (Å²) in [6.07, 6.45) is 1.72. The molecule has 0 radical (unpaired) electrons. The summed E-state index contributed by atoms with van der Waals surface area (Å²) in [5.41, 5.74) is 2.06. The van der Waals surface area contributed by atoms with Gasteiger partial charge in [-0.05, 0) is 19.4 Å². The van der Waals surface area contributed by atoms with Gasteiger partial charge in [0.1, 0.15) is 15.6 Å². The zero-order chi connectivity index (χ0) is 12.9. The normalized spacial score (nSPS) is 11.5. The van der Waals surface area contributed by atoms with Gasteiger partial charge in [0, 0.05) is 11.8 Å². The van der Waals surface area contributed by atoms with Crippen LogP contribution >= 0.6 is 11.6 Å². The molecule has 5 heteroatoms. The lowest BCUT2D eigenvalue weighted by atomic mass is 10.1. The third kappa shape index (κ3) is 5.41. The number of ether oxygens (including phenoxy) is 1. The Morgan fingerprint density at radius 2 is 2.06 bits per heavy atom. The molecule has 0 aromatic heterocycles. The Bertz CT molecular complexity index is 469. The van der Waals surface area contributed by atoms with Crippen LogP contribution < -0.4 is 4.74 Å². The Balaban J connectivity index is 2.52. The van der Waals surface area contributed by atoms with Crippen molar-refractivity contribution in [1.82, 2.24) is 0 Å². The molecular weight excluding hydrogens is 260 g/mol. The molecule has 0 spiro atoms. The highest BCUT2D eigenvalue weighted by molar-refractivity contribution is 7.90. The van der Waals surface area contributed by atoms with Crippen LogP contribution in [0.25, 0.3) is 0 Å². The number of sulfone groups is 1. The van der Waals surface area contributed by atoms with Gasteiger partial charge in [-0.15, -0.1) is 11.6 Å². The zero-order valence-electron chi connectivity index (χ0n) is 10.1. The largest absolute Gasteiger partial charge is 0.493 e. The maximum Gasteiger partial charge on any atom is 0.147 e. The summed E-state index contributed by atoms with van der Waals surface area (Å²) in [5.74, 6) is 1.28. The van der Waals surface area contributed by atoms with E-state index in [9.17, 15) is 8.42 Å². The minimum atomic E-state index is -2.91. The lowest BCUT2D eigenvalue weighted by Gasteiger charge is -2.10. The van der Waals surface area contributed by atoms with E-state index in [2.05, 4.69) is 0 Å². The summed E-state index contributed by atoms with van der Waals surface area (Å²) in [6, 6.07) is 5.79. The number of hydrogen-bond donors (Lipinski definition) is 0. The van der Waals surface area contributed by atoms with Crippen molar-refractivity contribution in [2.75, 3.05) is 18.6 Å². The average molecular weight is 277 g/mol. The van der Waals surface area contributed by atoms with Gasteiger partial charge in [-0.3, -0.25) is 0 Å².